The lowest BCUT2D eigenvalue weighted by Gasteiger charge is -2.38. The number of likely N-dealkylation sites (tertiary alicyclic amines) is 1. The van der Waals surface area contributed by atoms with Gasteiger partial charge in [-0.15, -0.1) is 0 Å². The van der Waals surface area contributed by atoms with Crippen LogP contribution in [-0.4, -0.2) is 52.8 Å². The molecule has 0 saturated carbocycles. The molecule has 1 aromatic heterocycles. The number of ether oxygens (including phenoxy) is 1. The van der Waals surface area contributed by atoms with Gasteiger partial charge in [0.25, 0.3) is 0 Å². The Morgan fingerprint density at radius 1 is 1.18 bits per heavy atom. The quantitative estimate of drug-likeness (QED) is 0.303. The summed E-state index contributed by atoms with van der Waals surface area (Å²) in [5.74, 6) is -0.0427. The van der Waals surface area contributed by atoms with E-state index < -0.39 is 23.8 Å². The van der Waals surface area contributed by atoms with Gasteiger partial charge in [0.05, 0.1) is 24.3 Å². The molecule has 0 spiro atoms. The molecule has 2 heterocycles. The summed E-state index contributed by atoms with van der Waals surface area (Å²) >= 11 is 0. The van der Waals surface area contributed by atoms with E-state index in [1.807, 2.05) is 24.3 Å². The molecule has 6 nitrogen and oxygen atoms in total. The number of carboxylic acids is 1. The van der Waals surface area contributed by atoms with E-state index in [2.05, 4.69) is 9.88 Å². The van der Waals surface area contributed by atoms with Gasteiger partial charge in [-0.05, 0) is 98.5 Å². The first-order valence-electron chi connectivity index (χ1n) is 13.3. The molecule has 3 atom stereocenters. The van der Waals surface area contributed by atoms with E-state index >= 15 is 0 Å². The van der Waals surface area contributed by atoms with Gasteiger partial charge >= 0.3 is 12.1 Å². The molecule has 1 saturated heterocycles. The van der Waals surface area contributed by atoms with Crippen molar-refractivity contribution in [3.63, 3.8) is 0 Å². The number of aromatic nitrogens is 1. The molecule has 39 heavy (non-hydrogen) atoms. The second-order valence-electron chi connectivity index (χ2n) is 10.4. The Bertz CT molecular complexity index is 1270. The summed E-state index contributed by atoms with van der Waals surface area (Å²) in [6.45, 7) is 2.13. The molecule has 1 fully saturated rings. The van der Waals surface area contributed by atoms with E-state index in [0.717, 1.165) is 35.5 Å². The zero-order valence-electron chi connectivity index (χ0n) is 22.0. The highest BCUT2D eigenvalue weighted by molar-refractivity contribution is 5.83. The number of carbonyl (C=O) groups is 1. The van der Waals surface area contributed by atoms with Crippen LogP contribution < -0.4 is 4.74 Å². The minimum Gasteiger partial charge on any atom is -0.497 e. The number of aliphatic hydroxyl groups excluding tert-OH is 1. The van der Waals surface area contributed by atoms with Crippen LogP contribution in [0.4, 0.5) is 13.2 Å². The zero-order chi connectivity index (χ0) is 28.0. The number of hydrogen-bond acceptors (Lipinski definition) is 5. The second kappa shape index (κ2) is 12.8. The Labute approximate surface area is 226 Å². The third-order valence-electron chi connectivity index (χ3n) is 7.76. The number of nitrogens with zero attached hydrogens (tertiary/aromatic N) is 2. The summed E-state index contributed by atoms with van der Waals surface area (Å²) in [7, 11) is 1.59. The maximum Gasteiger partial charge on any atom is 0.416 e. The molecule has 1 aliphatic heterocycles. The second-order valence-corrected chi connectivity index (χ2v) is 10.4. The lowest BCUT2D eigenvalue weighted by molar-refractivity contribution is -0.139. The van der Waals surface area contributed by atoms with E-state index in [4.69, 9.17) is 4.74 Å². The van der Waals surface area contributed by atoms with Crippen LogP contribution in [0, 0.1) is 11.8 Å². The molecule has 0 radical (unpaired) electrons. The summed E-state index contributed by atoms with van der Waals surface area (Å²) in [5.41, 5.74) is 1.57. The van der Waals surface area contributed by atoms with E-state index in [-0.39, 0.29) is 18.3 Å². The summed E-state index contributed by atoms with van der Waals surface area (Å²) in [5, 5.41) is 21.4. The first kappa shape index (κ1) is 28.8. The van der Waals surface area contributed by atoms with Crippen LogP contribution >= 0.6 is 0 Å². The van der Waals surface area contributed by atoms with E-state index in [1.165, 1.54) is 12.1 Å². The minimum atomic E-state index is -4.35. The van der Waals surface area contributed by atoms with Crippen LogP contribution in [0.1, 0.15) is 54.9 Å². The van der Waals surface area contributed by atoms with Crippen molar-refractivity contribution < 1.29 is 32.9 Å². The molecule has 0 bridgehead atoms. The Balaban J connectivity index is 1.33. The average molecular weight is 545 g/mol. The summed E-state index contributed by atoms with van der Waals surface area (Å²) < 4.78 is 44.3. The SMILES string of the molecule is COc1ccc2nccc([C@H](O)CC[C@@H]3CCN(CCCc4cccc(C(F)(F)F)c4)C[C@@H]3CC(=O)O)c2c1. The molecule has 1 aliphatic rings. The van der Waals surface area contributed by atoms with Gasteiger partial charge in [-0.25, -0.2) is 0 Å². The number of aliphatic hydroxyl groups is 1. The number of rotatable bonds is 11. The molecule has 0 aliphatic carbocycles. The third kappa shape index (κ3) is 7.70. The number of aliphatic carboxylic acids is 1. The van der Waals surface area contributed by atoms with Crippen LogP contribution in [-0.2, 0) is 17.4 Å². The number of methoxy groups -OCH3 is 1. The highest BCUT2D eigenvalue weighted by Gasteiger charge is 2.32. The number of aryl methyl sites for hydroxylation is 1. The molecular weight excluding hydrogens is 509 g/mol. The van der Waals surface area contributed by atoms with Crippen molar-refractivity contribution in [2.24, 2.45) is 11.8 Å². The highest BCUT2D eigenvalue weighted by atomic mass is 19.4. The number of pyridine rings is 1. The summed E-state index contributed by atoms with van der Waals surface area (Å²) in [4.78, 5) is 18.2. The van der Waals surface area contributed by atoms with Gasteiger partial charge in [-0.3, -0.25) is 9.78 Å². The van der Waals surface area contributed by atoms with Gasteiger partial charge in [-0.2, -0.15) is 13.2 Å². The lowest BCUT2D eigenvalue weighted by atomic mass is 9.79. The van der Waals surface area contributed by atoms with Crippen LogP contribution in [0.3, 0.4) is 0 Å². The number of fused-ring (bicyclic) bond motifs is 1. The Hall–Kier alpha value is -3.17. The molecular formula is C30H35F3N2O4. The van der Waals surface area contributed by atoms with Crippen LogP contribution in [0.15, 0.2) is 54.7 Å². The maximum absolute atomic E-state index is 13.0. The van der Waals surface area contributed by atoms with E-state index in [0.29, 0.717) is 50.1 Å². The van der Waals surface area contributed by atoms with Gasteiger partial charge in [0, 0.05) is 24.5 Å². The van der Waals surface area contributed by atoms with Crippen LogP contribution in [0.5, 0.6) is 5.75 Å². The first-order chi connectivity index (χ1) is 18.6. The molecule has 0 unspecified atom stereocenters. The minimum absolute atomic E-state index is 0.0497. The Morgan fingerprint density at radius 2 is 2.00 bits per heavy atom. The molecule has 0 amide bonds. The van der Waals surface area contributed by atoms with Crippen molar-refractivity contribution in [2.45, 2.75) is 50.8 Å². The van der Waals surface area contributed by atoms with E-state index in [9.17, 15) is 28.2 Å². The predicted octanol–water partition coefficient (Wildman–Crippen LogP) is 6.12. The Morgan fingerprint density at radius 3 is 2.74 bits per heavy atom. The van der Waals surface area contributed by atoms with Gasteiger partial charge in [0.2, 0.25) is 0 Å². The first-order valence-corrected chi connectivity index (χ1v) is 13.3. The smallest absolute Gasteiger partial charge is 0.416 e. The number of halogens is 3. The van der Waals surface area contributed by atoms with Crippen LogP contribution in [0.2, 0.25) is 0 Å². The van der Waals surface area contributed by atoms with Gasteiger partial charge in [-0.1, -0.05) is 18.2 Å². The number of hydrogen-bond donors (Lipinski definition) is 2. The van der Waals surface area contributed by atoms with Gasteiger partial charge in [0.1, 0.15) is 5.75 Å². The molecule has 2 N–H and O–H groups in total. The highest BCUT2D eigenvalue weighted by Crippen LogP contribution is 2.35. The van der Waals surface area contributed by atoms with Crippen molar-refractivity contribution in [3.05, 3.63) is 71.4 Å². The van der Waals surface area contributed by atoms with E-state index in [1.54, 1.807) is 19.4 Å². The molecule has 2 aromatic carbocycles. The summed E-state index contributed by atoms with van der Waals surface area (Å²) in [6, 6.07) is 12.8. The topological polar surface area (TPSA) is 82.9 Å². The maximum atomic E-state index is 13.0. The van der Waals surface area contributed by atoms with Crippen LogP contribution in [0.25, 0.3) is 10.9 Å². The fourth-order valence-electron chi connectivity index (χ4n) is 5.70. The van der Waals surface area contributed by atoms with Gasteiger partial charge in [0.15, 0.2) is 0 Å². The van der Waals surface area contributed by atoms with Crippen molar-refractivity contribution in [1.82, 2.24) is 9.88 Å². The van der Waals surface area contributed by atoms with Crippen molar-refractivity contribution in [3.8, 4) is 5.75 Å². The van der Waals surface area contributed by atoms with Crippen molar-refractivity contribution in [1.29, 1.82) is 0 Å². The standard InChI is InChI=1S/C30H35F3N2O4/c1-39-24-8-9-27-26(18-24)25(11-13-34-27)28(36)10-7-21-12-15-35(19-22(21)17-29(37)38)14-3-5-20-4-2-6-23(16-20)30(31,32)33/h2,4,6,8-9,11,13,16,18,21-22,28,36H,3,5,7,10,12,14-15,17,19H2,1H3,(H,37,38)/t21-,22+,28-/m1/s1. The summed E-state index contributed by atoms with van der Waals surface area (Å²) in [6.07, 6.45) is -0.0750. The molecule has 9 heteroatoms. The number of carboxylic acid groups (broad SMARTS) is 1. The number of alkyl halides is 3. The van der Waals surface area contributed by atoms with Crippen molar-refractivity contribution >= 4 is 16.9 Å². The fraction of sp³-hybridized carbons (Fsp3) is 0.467. The monoisotopic (exact) mass is 544 g/mol. The predicted molar refractivity (Wildman–Crippen MR) is 143 cm³/mol. The largest absolute Gasteiger partial charge is 0.497 e. The lowest BCUT2D eigenvalue weighted by Crippen LogP contribution is -2.42. The molecule has 210 valence electrons. The molecule has 3 aromatic rings. The zero-order valence-corrected chi connectivity index (χ0v) is 22.0. The third-order valence-corrected chi connectivity index (χ3v) is 7.76. The fourth-order valence-corrected chi connectivity index (χ4v) is 5.70. The average Bonchev–Trinajstić information content (AvgIpc) is 2.91. The number of piperidine rings is 1. The Kier molecular flexibility index (Phi) is 9.45. The number of benzene rings is 2. The molecule has 4 rings (SSSR count). The van der Waals surface area contributed by atoms with Crippen molar-refractivity contribution in [2.75, 3.05) is 26.7 Å². The van der Waals surface area contributed by atoms with Gasteiger partial charge < -0.3 is 19.8 Å². The normalized spacial score (nSPS) is 19.2.